The van der Waals surface area contributed by atoms with Crippen molar-refractivity contribution in [3.63, 3.8) is 0 Å². The molecule has 0 N–H and O–H groups in total. The van der Waals surface area contributed by atoms with Gasteiger partial charge in [-0.05, 0) is 48.9 Å². The van der Waals surface area contributed by atoms with Crippen LogP contribution in [0.4, 0.5) is 0 Å². The quantitative estimate of drug-likeness (QED) is 0.0816. The van der Waals surface area contributed by atoms with Crippen molar-refractivity contribution in [3.05, 3.63) is 47.5 Å². The summed E-state index contributed by atoms with van der Waals surface area (Å²) in [5.74, 6) is 0. The molecule has 0 atom stereocenters. The van der Waals surface area contributed by atoms with Crippen LogP contribution < -0.4 is 0 Å². The molecule has 0 fully saturated rings. The predicted octanol–water partition coefficient (Wildman–Crippen LogP) is 14.2. The van der Waals surface area contributed by atoms with E-state index in [9.17, 15) is 0 Å². The van der Waals surface area contributed by atoms with Crippen molar-refractivity contribution in [2.75, 3.05) is 0 Å². The fraction of sp³-hybridized carbons (Fsp3) is 0.632. The molecule has 0 unspecified atom stereocenters. The van der Waals surface area contributed by atoms with Crippen molar-refractivity contribution in [2.45, 2.75) is 155 Å². The van der Waals surface area contributed by atoms with E-state index >= 15 is 0 Å². The molecule has 220 valence electrons. The van der Waals surface area contributed by atoms with Crippen LogP contribution in [0.3, 0.4) is 0 Å². The van der Waals surface area contributed by atoms with Crippen LogP contribution in [0.15, 0.2) is 36.4 Å². The summed E-state index contributed by atoms with van der Waals surface area (Å²) in [4.78, 5) is 0. The molecule has 0 saturated carbocycles. The van der Waals surface area contributed by atoms with E-state index in [1.54, 1.807) is 0 Å². The minimum absolute atomic E-state index is 1.24. The van der Waals surface area contributed by atoms with Crippen molar-refractivity contribution in [3.8, 4) is 0 Å². The Kier molecular flexibility index (Phi) is 14.4. The summed E-state index contributed by atoms with van der Waals surface area (Å²) in [6.45, 7) is 4.60. The van der Waals surface area contributed by atoms with E-state index in [0.29, 0.717) is 0 Å². The van der Waals surface area contributed by atoms with E-state index < -0.39 is 0 Å². The number of unbranched alkanes of at least 4 members (excludes halogenated alkanes) is 18. The Labute approximate surface area is 254 Å². The molecule has 4 rings (SSSR count). The normalized spacial score (nSPS) is 11.9. The van der Waals surface area contributed by atoms with Crippen molar-refractivity contribution < 1.29 is 0 Å². The maximum atomic E-state index is 2.49. The third-order valence-electron chi connectivity index (χ3n) is 8.85. The number of hydrogen-bond donors (Lipinski definition) is 0. The predicted molar refractivity (Wildman–Crippen MR) is 186 cm³/mol. The van der Waals surface area contributed by atoms with Gasteiger partial charge in [0.05, 0.1) is 9.40 Å². The van der Waals surface area contributed by atoms with Crippen molar-refractivity contribution in [1.29, 1.82) is 0 Å². The first-order chi connectivity index (χ1) is 19.8. The SMILES string of the molecule is CCCCCCCCCCCCc1ccc2c(c1)sc1c3ccc(CCCCCCCCCCCC)cc3sc21. The Balaban J connectivity index is 1.19. The van der Waals surface area contributed by atoms with Crippen LogP contribution in [0, 0.1) is 0 Å². The Bertz CT molecular complexity index is 1150. The number of thiophene rings is 2. The highest BCUT2D eigenvalue weighted by molar-refractivity contribution is 7.36. The van der Waals surface area contributed by atoms with Gasteiger partial charge in [-0.25, -0.2) is 0 Å². The van der Waals surface area contributed by atoms with Crippen molar-refractivity contribution in [1.82, 2.24) is 0 Å². The fourth-order valence-corrected chi connectivity index (χ4v) is 9.07. The zero-order valence-electron chi connectivity index (χ0n) is 25.8. The summed E-state index contributed by atoms with van der Waals surface area (Å²) in [5.41, 5.74) is 3.06. The van der Waals surface area contributed by atoms with Gasteiger partial charge in [-0.3, -0.25) is 0 Å². The van der Waals surface area contributed by atoms with Crippen LogP contribution in [0.1, 0.15) is 153 Å². The first kappa shape index (κ1) is 31.6. The van der Waals surface area contributed by atoms with Gasteiger partial charge in [0.1, 0.15) is 0 Å². The largest absolute Gasteiger partial charge is 0.134 e. The summed E-state index contributed by atoms with van der Waals surface area (Å²) in [7, 11) is 0. The van der Waals surface area contributed by atoms with Gasteiger partial charge in [-0.15, -0.1) is 22.7 Å². The van der Waals surface area contributed by atoms with Crippen LogP contribution in [0.25, 0.3) is 29.6 Å². The van der Waals surface area contributed by atoms with Crippen LogP contribution in [-0.4, -0.2) is 0 Å². The number of aryl methyl sites for hydroxylation is 2. The molecule has 0 bridgehead atoms. The van der Waals surface area contributed by atoms with Gasteiger partial charge in [0.25, 0.3) is 0 Å². The number of fused-ring (bicyclic) bond motifs is 5. The van der Waals surface area contributed by atoms with Crippen molar-refractivity contribution >= 4 is 52.2 Å². The molecule has 2 aromatic carbocycles. The molecule has 0 radical (unpaired) electrons. The maximum Gasteiger partial charge on any atom is 0.0542 e. The maximum absolute atomic E-state index is 2.49. The van der Waals surface area contributed by atoms with Gasteiger partial charge < -0.3 is 0 Å². The van der Waals surface area contributed by atoms with E-state index in [2.05, 4.69) is 50.2 Å². The second kappa shape index (κ2) is 18.2. The molecule has 0 spiro atoms. The monoisotopic (exact) mass is 576 g/mol. The van der Waals surface area contributed by atoms with Gasteiger partial charge in [0, 0.05) is 20.2 Å². The highest BCUT2D eigenvalue weighted by Gasteiger charge is 2.13. The molecule has 0 aliphatic carbocycles. The second-order valence-electron chi connectivity index (χ2n) is 12.4. The zero-order chi connectivity index (χ0) is 27.8. The van der Waals surface area contributed by atoms with Crippen molar-refractivity contribution in [2.24, 2.45) is 0 Å². The lowest BCUT2D eigenvalue weighted by molar-refractivity contribution is 0.556. The number of rotatable bonds is 22. The Hall–Kier alpha value is -1.38. The molecule has 0 amide bonds. The lowest BCUT2D eigenvalue weighted by Gasteiger charge is -2.04. The van der Waals surface area contributed by atoms with Gasteiger partial charge >= 0.3 is 0 Å². The Morgan fingerprint density at radius 3 is 1.07 bits per heavy atom. The van der Waals surface area contributed by atoms with E-state index in [0.717, 1.165) is 0 Å². The second-order valence-corrected chi connectivity index (χ2v) is 14.5. The molecule has 2 heteroatoms. The third kappa shape index (κ3) is 9.87. The molecule has 0 aliphatic rings. The number of hydrogen-bond acceptors (Lipinski definition) is 2. The summed E-state index contributed by atoms with van der Waals surface area (Å²) in [6.07, 6.45) is 30.7. The molecule has 2 aromatic heterocycles. The summed E-state index contributed by atoms with van der Waals surface area (Å²) < 4.78 is 6.00. The molecular formula is C38H56S2. The third-order valence-corrected chi connectivity index (χ3v) is 11.4. The van der Waals surface area contributed by atoms with Crippen LogP contribution in [-0.2, 0) is 12.8 Å². The lowest BCUT2D eigenvalue weighted by atomic mass is 10.0. The van der Waals surface area contributed by atoms with Crippen LogP contribution >= 0.6 is 22.7 Å². The van der Waals surface area contributed by atoms with Gasteiger partial charge in [0.2, 0.25) is 0 Å². The Morgan fingerprint density at radius 2 is 0.725 bits per heavy atom. The molecule has 0 nitrogen and oxygen atoms in total. The smallest absolute Gasteiger partial charge is 0.0542 e. The topological polar surface area (TPSA) is 0 Å². The molecule has 2 heterocycles. The standard InChI is InChI=1S/C38H56S2/c1-3-5-7-9-11-13-15-17-19-21-23-31-25-27-33-35(29-31)39-38-34-28-26-32(30-36(34)40-37(33)38)24-22-20-18-16-14-12-10-8-6-4-2/h25-30H,3-24H2,1-2H3. The molecular weight excluding hydrogens is 521 g/mol. The van der Waals surface area contributed by atoms with Gasteiger partial charge in [-0.2, -0.15) is 0 Å². The van der Waals surface area contributed by atoms with Crippen LogP contribution in [0.5, 0.6) is 0 Å². The lowest BCUT2D eigenvalue weighted by Crippen LogP contribution is -1.86. The average Bonchev–Trinajstić information content (AvgIpc) is 3.50. The minimum atomic E-state index is 1.24. The first-order valence-corrected chi connectivity index (χ1v) is 18.8. The van der Waals surface area contributed by atoms with Crippen LogP contribution in [0.2, 0.25) is 0 Å². The summed E-state index contributed by atoms with van der Waals surface area (Å²) in [5, 5.41) is 2.95. The molecule has 40 heavy (non-hydrogen) atoms. The molecule has 0 saturated heterocycles. The average molecular weight is 577 g/mol. The van der Waals surface area contributed by atoms with Gasteiger partial charge in [0.15, 0.2) is 0 Å². The summed E-state index contributed by atoms with van der Waals surface area (Å²) >= 11 is 4.04. The zero-order valence-corrected chi connectivity index (χ0v) is 27.5. The van der Waals surface area contributed by atoms with E-state index in [1.165, 1.54) is 182 Å². The highest BCUT2D eigenvalue weighted by Crippen LogP contribution is 2.44. The number of benzene rings is 2. The van der Waals surface area contributed by atoms with E-state index in [1.807, 2.05) is 22.7 Å². The highest BCUT2D eigenvalue weighted by atomic mass is 32.1. The van der Waals surface area contributed by atoms with E-state index in [4.69, 9.17) is 0 Å². The summed E-state index contributed by atoms with van der Waals surface area (Å²) in [6, 6.07) is 14.6. The Morgan fingerprint density at radius 1 is 0.400 bits per heavy atom. The van der Waals surface area contributed by atoms with E-state index in [-0.39, 0.29) is 0 Å². The fourth-order valence-electron chi connectivity index (χ4n) is 6.29. The minimum Gasteiger partial charge on any atom is -0.134 e. The van der Waals surface area contributed by atoms with Gasteiger partial charge in [-0.1, -0.05) is 154 Å². The molecule has 4 aromatic rings. The molecule has 0 aliphatic heterocycles. The first-order valence-electron chi connectivity index (χ1n) is 17.2.